The number of pyridine rings is 1. The molecule has 0 aliphatic carbocycles. The fourth-order valence-corrected chi connectivity index (χ4v) is 4.19. The van der Waals surface area contributed by atoms with Crippen molar-refractivity contribution in [3.05, 3.63) is 56.5 Å². The van der Waals surface area contributed by atoms with Gasteiger partial charge in [0.25, 0.3) is 5.56 Å². The number of hydrogen-bond donors (Lipinski definition) is 0. The number of rotatable bonds is 3. The molecule has 6 nitrogen and oxygen atoms in total. The highest BCUT2D eigenvalue weighted by atomic mass is 79.9. The maximum absolute atomic E-state index is 13.1. The average Bonchev–Trinajstić information content (AvgIpc) is 2.63. The molecule has 0 amide bonds. The van der Waals surface area contributed by atoms with Gasteiger partial charge < -0.3 is 0 Å². The van der Waals surface area contributed by atoms with Crippen molar-refractivity contribution < 1.29 is 21.6 Å². The topological polar surface area (TPSA) is 81.9 Å². The minimum absolute atomic E-state index is 0.230. The molecule has 3 rings (SSSR count). The number of sulfone groups is 1. The van der Waals surface area contributed by atoms with Crippen LogP contribution in [0.25, 0.3) is 16.6 Å². The first kappa shape index (κ1) is 20.5. The van der Waals surface area contributed by atoms with Crippen molar-refractivity contribution in [1.82, 2.24) is 14.8 Å². The Hall–Kier alpha value is -2.27. The molecule has 0 radical (unpaired) electrons. The molecule has 0 spiro atoms. The van der Waals surface area contributed by atoms with Crippen molar-refractivity contribution in [2.24, 2.45) is 0 Å². The van der Waals surface area contributed by atoms with Gasteiger partial charge in [-0.25, -0.2) is 13.4 Å². The summed E-state index contributed by atoms with van der Waals surface area (Å²) in [6.45, 7) is 2.94. The number of fused-ring (bicyclic) bond motifs is 1. The molecule has 0 aliphatic rings. The van der Waals surface area contributed by atoms with Crippen LogP contribution < -0.4 is 5.56 Å². The maximum Gasteiger partial charge on any atom is 0.416 e. The second kappa shape index (κ2) is 6.96. The second-order valence-electron chi connectivity index (χ2n) is 5.94. The number of aromatic nitrogens is 3. The predicted octanol–water partition coefficient (Wildman–Crippen LogP) is 3.66. The zero-order valence-corrected chi connectivity index (χ0v) is 17.0. The number of nitrogens with zero attached hydrogens (tertiary/aromatic N) is 3. The van der Waals surface area contributed by atoms with Gasteiger partial charge in [-0.15, -0.1) is 0 Å². The van der Waals surface area contributed by atoms with Gasteiger partial charge in [0.1, 0.15) is 4.90 Å². The molecule has 0 N–H and O–H groups in total. The molecular weight excluding hydrogens is 463 g/mol. The highest BCUT2D eigenvalue weighted by molar-refractivity contribution is 9.10. The summed E-state index contributed by atoms with van der Waals surface area (Å²) in [5.41, 5.74) is -1.62. The van der Waals surface area contributed by atoms with Gasteiger partial charge in [-0.1, -0.05) is 13.0 Å². The largest absolute Gasteiger partial charge is 0.416 e. The van der Waals surface area contributed by atoms with E-state index in [0.29, 0.717) is 4.47 Å². The minimum Gasteiger partial charge on any atom is -0.267 e. The molecule has 0 fully saturated rings. The first-order valence-corrected chi connectivity index (χ1v) is 10.4. The van der Waals surface area contributed by atoms with Crippen LogP contribution in [-0.4, -0.2) is 28.9 Å². The molecule has 0 bridgehead atoms. The van der Waals surface area contributed by atoms with Gasteiger partial charge in [0.2, 0.25) is 0 Å². The first-order valence-electron chi connectivity index (χ1n) is 7.95. The molecular formula is C17H13BrF3N3O3S. The summed E-state index contributed by atoms with van der Waals surface area (Å²) in [6, 6.07) is 4.05. The Morgan fingerprint density at radius 2 is 1.86 bits per heavy atom. The molecule has 11 heteroatoms. The first-order chi connectivity index (χ1) is 13.0. The van der Waals surface area contributed by atoms with Gasteiger partial charge in [0, 0.05) is 16.1 Å². The number of halogens is 4. The van der Waals surface area contributed by atoms with E-state index in [1.54, 1.807) is 0 Å². The van der Waals surface area contributed by atoms with Crippen LogP contribution in [0.5, 0.6) is 0 Å². The van der Waals surface area contributed by atoms with Gasteiger partial charge in [-0.3, -0.25) is 4.79 Å². The minimum atomic E-state index is -4.63. The lowest BCUT2D eigenvalue weighted by molar-refractivity contribution is -0.137. The van der Waals surface area contributed by atoms with E-state index >= 15 is 0 Å². The van der Waals surface area contributed by atoms with Crippen LogP contribution in [0, 0.1) is 6.92 Å². The summed E-state index contributed by atoms with van der Waals surface area (Å²) < 4.78 is 65.2. The van der Waals surface area contributed by atoms with Crippen molar-refractivity contribution in [3.8, 4) is 5.82 Å². The van der Waals surface area contributed by atoms with Crippen LogP contribution in [0.1, 0.15) is 18.2 Å². The Morgan fingerprint density at radius 1 is 1.18 bits per heavy atom. The van der Waals surface area contributed by atoms with E-state index in [9.17, 15) is 26.4 Å². The van der Waals surface area contributed by atoms with E-state index in [2.05, 4.69) is 26.0 Å². The number of hydrogen-bond acceptors (Lipinski definition) is 5. The Kier molecular flexibility index (Phi) is 5.09. The Labute approximate surface area is 166 Å². The third-order valence-corrected chi connectivity index (χ3v) is 6.29. The molecule has 0 atom stereocenters. The average molecular weight is 476 g/mol. The Morgan fingerprint density at radius 3 is 2.46 bits per heavy atom. The third kappa shape index (κ3) is 3.55. The monoisotopic (exact) mass is 475 g/mol. The quantitative estimate of drug-likeness (QED) is 0.577. The fourth-order valence-electron chi connectivity index (χ4n) is 2.68. The van der Waals surface area contributed by atoms with Gasteiger partial charge in [-0.05, 0) is 41.1 Å². The Bertz CT molecular complexity index is 1250. The van der Waals surface area contributed by atoms with E-state index in [-0.39, 0.29) is 32.9 Å². The smallest absolute Gasteiger partial charge is 0.267 e. The lowest BCUT2D eigenvalue weighted by atomic mass is 10.1. The summed E-state index contributed by atoms with van der Waals surface area (Å²) in [5.74, 6) is -0.519. The highest BCUT2D eigenvalue weighted by Crippen LogP contribution is 2.31. The number of aryl methyl sites for hydroxylation is 1. The lowest BCUT2D eigenvalue weighted by Crippen LogP contribution is -2.26. The summed E-state index contributed by atoms with van der Waals surface area (Å²) in [4.78, 5) is 16.6. The molecule has 2 heterocycles. The second-order valence-corrected chi connectivity index (χ2v) is 9.10. The predicted molar refractivity (Wildman–Crippen MR) is 100 cm³/mol. The van der Waals surface area contributed by atoms with Crippen LogP contribution in [0.2, 0.25) is 0 Å². The molecule has 3 aromatic rings. The highest BCUT2D eigenvalue weighted by Gasteiger charge is 2.31. The molecule has 28 heavy (non-hydrogen) atoms. The summed E-state index contributed by atoms with van der Waals surface area (Å²) in [5, 5.41) is 4.09. The lowest BCUT2D eigenvalue weighted by Gasteiger charge is -2.13. The van der Waals surface area contributed by atoms with Gasteiger partial charge in [0.05, 0.1) is 22.4 Å². The zero-order chi connectivity index (χ0) is 20.9. The molecule has 0 saturated heterocycles. The normalized spacial score (nSPS) is 12.5. The fraction of sp³-hybridized carbons (Fsp3) is 0.235. The molecule has 0 aliphatic heterocycles. The number of alkyl halides is 3. The molecule has 148 valence electrons. The number of benzene rings is 1. The van der Waals surface area contributed by atoms with E-state index in [0.717, 1.165) is 16.8 Å². The standard InChI is InChI=1S/C17H13BrF3N3O3S/c1-3-28(26,27)14-7-11(18)8-22-15(14)24-16(25)13-6-10(17(19,20)21)4-5-12(13)9(2)23-24/h4-8H,3H2,1-2H3. The molecule has 1 aromatic carbocycles. The van der Waals surface area contributed by atoms with Crippen molar-refractivity contribution in [2.45, 2.75) is 24.9 Å². The van der Waals surface area contributed by atoms with E-state index in [1.807, 2.05) is 0 Å². The van der Waals surface area contributed by atoms with Gasteiger partial charge >= 0.3 is 6.18 Å². The molecule has 2 aromatic heterocycles. The summed E-state index contributed by atoms with van der Waals surface area (Å²) >= 11 is 3.13. The Balaban J connectivity index is 2.40. The maximum atomic E-state index is 13.1. The van der Waals surface area contributed by atoms with Gasteiger partial charge in [-0.2, -0.15) is 23.0 Å². The van der Waals surface area contributed by atoms with Crippen LogP contribution in [0.4, 0.5) is 13.2 Å². The summed E-state index contributed by atoms with van der Waals surface area (Å²) in [7, 11) is -3.79. The van der Waals surface area contributed by atoms with Gasteiger partial charge in [0.15, 0.2) is 15.7 Å². The van der Waals surface area contributed by atoms with Crippen LogP contribution in [0.15, 0.2) is 44.6 Å². The zero-order valence-electron chi connectivity index (χ0n) is 14.6. The van der Waals surface area contributed by atoms with Crippen LogP contribution in [-0.2, 0) is 16.0 Å². The van der Waals surface area contributed by atoms with Crippen molar-refractivity contribution in [3.63, 3.8) is 0 Å². The summed E-state index contributed by atoms with van der Waals surface area (Å²) in [6.07, 6.45) is -3.35. The van der Waals surface area contributed by atoms with E-state index in [1.165, 1.54) is 32.2 Å². The van der Waals surface area contributed by atoms with Crippen LogP contribution in [0.3, 0.4) is 0 Å². The SMILES string of the molecule is CCS(=O)(=O)c1cc(Br)cnc1-n1nc(C)c2ccc(C(F)(F)F)cc2c1=O. The van der Waals surface area contributed by atoms with Crippen molar-refractivity contribution >= 4 is 36.5 Å². The van der Waals surface area contributed by atoms with Crippen molar-refractivity contribution in [1.29, 1.82) is 0 Å². The van der Waals surface area contributed by atoms with Crippen LogP contribution >= 0.6 is 15.9 Å². The molecule has 0 unspecified atom stereocenters. The third-order valence-electron chi connectivity index (χ3n) is 4.12. The van der Waals surface area contributed by atoms with E-state index in [4.69, 9.17) is 0 Å². The van der Waals surface area contributed by atoms with Crippen molar-refractivity contribution in [2.75, 3.05) is 5.75 Å². The molecule has 0 saturated carbocycles. The van der Waals surface area contributed by atoms with E-state index < -0.39 is 27.1 Å².